The number of hydrogen-bond donors (Lipinski definition) is 2. The van der Waals surface area contributed by atoms with Crippen LogP contribution in [0.15, 0.2) is 41.2 Å². The van der Waals surface area contributed by atoms with E-state index in [1.165, 1.54) is 6.20 Å². The third-order valence-corrected chi connectivity index (χ3v) is 2.62. The maximum atomic E-state index is 11.0. The van der Waals surface area contributed by atoms with Crippen LogP contribution in [0, 0.1) is 0 Å². The molecule has 0 radical (unpaired) electrons. The van der Waals surface area contributed by atoms with Crippen molar-refractivity contribution < 1.29 is 14.4 Å². The number of aromatic amines is 1. The van der Waals surface area contributed by atoms with Gasteiger partial charge in [-0.05, 0) is 24.3 Å². The lowest BCUT2D eigenvalue weighted by Crippen LogP contribution is -1.95. The second-order valence-electron chi connectivity index (χ2n) is 3.65. The average Bonchev–Trinajstić information content (AvgIpc) is 2.96. The molecular weight excluding hydrogens is 220 g/mol. The Kier molecular flexibility index (Phi) is 1.98. The van der Waals surface area contributed by atoms with Crippen LogP contribution < -0.4 is 0 Å². The van der Waals surface area contributed by atoms with Crippen molar-refractivity contribution in [3.8, 4) is 11.3 Å². The lowest BCUT2D eigenvalue weighted by atomic mass is 10.1. The number of rotatable bonds is 2. The normalized spacial score (nSPS) is 10.8. The van der Waals surface area contributed by atoms with Crippen molar-refractivity contribution in [3.63, 3.8) is 0 Å². The molecule has 2 N–H and O–H groups in total. The van der Waals surface area contributed by atoms with E-state index in [1.54, 1.807) is 6.07 Å². The molecule has 0 aliphatic heterocycles. The first-order chi connectivity index (χ1) is 8.25. The van der Waals surface area contributed by atoms with E-state index in [9.17, 15) is 4.79 Å². The van der Waals surface area contributed by atoms with Crippen molar-refractivity contribution in [2.45, 2.75) is 0 Å². The van der Waals surface area contributed by atoms with Crippen LogP contribution in [0.1, 0.15) is 10.4 Å². The Morgan fingerprint density at radius 1 is 1.35 bits per heavy atom. The average molecular weight is 228 g/mol. The van der Waals surface area contributed by atoms with Gasteiger partial charge in [0.15, 0.2) is 5.76 Å². The quantitative estimate of drug-likeness (QED) is 0.706. The van der Waals surface area contributed by atoms with Gasteiger partial charge in [-0.2, -0.15) is 0 Å². The van der Waals surface area contributed by atoms with Crippen LogP contribution >= 0.6 is 0 Å². The molecule has 2 aromatic heterocycles. The molecule has 0 aliphatic rings. The van der Waals surface area contributed by atoms with E-state index in [0.717, 1.165) is 10.9 Å². The van der Waals surface area contributed by atoms with E-state index >= 15 is 0 Å². The molecule has 17 heavy (non-hydrogen) atoms. The fourth-order valence-corrected chi connectivity index (χ4v) is 1.79. The fraction of sp³-hybridized carbons (Fsp3) is 0. The molecule has 3 aromatic rings. The van der Waals surface area contributed by atoms with Gasteiger partial charge >= 0.3 is 5.97 Å². The molecule has 84 valence electrons. The smallest absolute Gasteiger partial charge is 0.341 e. The number of carbonyl (C=O) groups is 1. The highest BCUT2D eigenvalue weighted by Crippen LogP contribution is 2.26. The molecule has 0 saturated carbocycles. The Morgan fingerprint density at radius 3 is 3.06 bits per heavy atom. The third kappa shape index (κ3) is 1.48. The maximum absolute atomic E-state index is 11.0. The van der Waals surface area contributed by atoms with Crippen molar-refractivity contribution in [1.29, 1.82) is 0 Å². The molecule has 0 saturated heterocycles. The second-order valence-corrected chi connectivity index (χ2v) is 3.65. The molecule has 2 heterocycles. The summed E-state index contributed by atoms with van der Waals surface area (Å²) in [6.45, 7) is 0. The van der Waals surface area contributed by atoms with Gasteiger partial charge in [0.2, 0.25) is 0 Å². The zero-order chi connectivity index (χ0) is 11.8. The summed E-state index contributed by atoms with van der Waals surface area (Å²) in [5, 5.41) is 13.5. The van der Waals surface area contributed by atoms with Crippen molar-refractivity contribution in [3.05, 3.63) is 42.2 Å². The molecule has 0 atom stereocenters. The Morgan fingerprint density at radius 2 is 2.24 bits per heavy atom. The predicted molar refractivity (Wildman–Crippen MR) is 60.8 cm³/mol. The predicted octanol–water partition coefficient (Wildman–Crippen LogP) is 2.52. The molecule has 0 fully saturated rings. The SMILES string of the molecule is O=C(O)c1cnoc1-c1ccc2[nH]ccc2c1. The molecule has 0 aliphatic carbocycles. The summed E-state index contributed by atoms with van der Waals surface area (Å²) in [7, 11) is 0. The highest BCUT2D eigenvalue weighted by Gasteiger charge is 2.16. The Hall–Kier alpha value is -2.56. The zero-order valence-electron chi connectivity index (χ0n) is 8.68. The highest BCUT2D eigenvalue weighted by molar-refractivity contribution is 5.95. The molecule has 0 spiro atoms. The fourth-order valence-electron chi connectivity index (χ4n) is 1.79. The minimum Gasteiger partial charge on any atom is -0.477 e. The minimum absolute atomic E-state index is 0.0693. The minimum atomic E-state index is -1.05. The largest absolute Gasteiger partial charge is 0.477 e. The first-order valence-corrected chi connectivity index (χ1v) is 5.01. The number of nitrogens with zero attached hydrogens (tertiary/aromatic N) is 1. The lowest BCUT2D eigenvalue weighted by Gasteiger charge is -1.98. The summed E-state index contributed by atoms with van der Waals surface area (Å²) in [6.07, 6.45) is 3.03. The lowest BCUT2D eigenvalue weighted by molar-refractivity contribution is 0.0697. The third-order valence-electron chi connectivity index (χ3n) is 2.62. The zero-order valence-corrected chi connectivity index (χ0v) is 8.68. The Labute approximate surface area is 95.7 Å². The Bertz CT molecular complexity index is 696. The van der Waals surface area contributed by atoms with Crippen molar-refractivity contribution in [2.24, 2.45) is 0 Å². The summed E-state index contributed by atoms with van der Waals surface area (Å²) in [6, 6.07) is 7.44. The number of H-pyrrole nitrogens is 1. The first kappa shape index (κ1) is 9.65. The second kappa shape index (κ2) is 3.48. The number of fused-ring (bicyclic) bond motifs is 1. The van der Waals surface area contributed by atoms with Crippen molar-refractivity contribution in [1.82, 2.24) is 10.1 Å². The number of hydrogen-bond acceptors (Lipinski definition) is 3. The van der Waals surface area contributed by atoms with Gasteiger partial charge in [0.05, 0.1) is 6.20 Å². The number of aromatic nitrogens is 2. The highest BCUT2D eigenvalue weighted by atomic mass is 16.5. The monoisotopic (exact) mass is 228 g/mol. The molecule has 0 unspecified atom stereocenters. The number of nitrogens with one attached hydrogen (secondary N) is 1. The van der Waals surface area contributed by atoms with Crippen LogP contribution in [0.2, 0.25) is 0 Å². The van der Waals surface area contributed by atoms with E-state index in [-0.39, 0.29) is 11.3 Å². The standard InChI is InChI=1S/C12H8N2O3/c15-12(16)9-6-14-17-11(9)8-1-2-10-7(5-8)3-4-13-10/h1-6,13H,(H,15,16). The van der Waals surface area contributed by atoms with Crippen LogP contribution in [0.25, 0.3) is 22.2 Å². The van der Waals surface area contributed by atoms with Gasteiger partial charge < -0.3 is 14.6 Å². The summed E-state index contributed by atoms with van der Waals surface area (Å²) >= 11 is 0. The molecular formula is C12H8N2O3. The molecule has 5 heteroatoms. The van der Waals surface area contributed by atoms with Gasteiger partial charge in [0.25, 0.3) is 0 Å². The van der Waals surface area contributed by atoms with E-state index in [4.69, 9.17) is 9.63 Å². The van der Waals surface area contributed by atoms with Gasteiger partial charge in [-0.25, -0.2) is 4.79 Å². The number of carboxylic acids is 1. The number of aromatic carboxylic acids is 1. The number of carboxylic acid groups (broad SMARTS) is 1. The molecule has 3 rings (SSSR count). The number of benzene rings is 1. The van der Waals surface area contributed by atoms with Crippen molar-refractivity contribution >= 4 is 16.9 Å². The van der Waals surface area contributed by atoms with Crippen LogP contribution in [-0.4, -0.2) is 21.2 Å². The molecule has 0 bridgehead atoms. The summed E-state index contributed by atoms with van der Waals surface area (Å²) in [4.78, 5) is 14.0. The summed E-state index contributed by atoms with van der Waals surface area (Å²) < 4.78 is 5.00. The Balaban J connectivity index is 2.19. The molecule has 0 amide bonds. The summed E-state index contributed by atoms with van der Waals surface area (Å²) in [5.41, 5.74) is 1.76. The van der Waals surface area contributed by atoms with Crippen molar-refractivity contribution in [2.75, 3.05) is 0 Å². The van der Waals surface area contributed by atoms with Gasteiger partial charge in [0.1, 0.15) is 5.56 Å². The van der Waals surface area contributed by atoms with Crippen LogP contribution in [0.4, 0.5) is 0 Å². The van der Waals surface area contributed by atoms with E-state index in [0.29, 0.717) is 5.56 Å². The molecule has 5 nitrogen and oxygen atoms in total. The van der Waals surface area contributed by atoms with Gasteiger partial charge in [-0.1, -0.05) is 5.16 Å². The van der Waals surface area contributed by atoms with Gasteiger partial charge in [-0.3, -0.25) is 0 Å². The van der Waals surface area contributed by atoms with Crippen LogP contribution in [0.5, 0.6) is 0 Å². The topological polar surface area (TPSA) is 79.1 Å². The molecule has 1 aromatic carbocycles. The van der Waals surface area contributed by atoms with Gasteiger partial charge in [-0.15, -0.1) is 0 Å². The van der Waals surface area contributed by atoms with E-state index in [1.807, 2.05) is 24.4 Å². The van der Waals surface area contributed by atoms with Gasteiger partial charge in [0, 0.05) is 22.7 Å². The van der Waals surface area contributed by atoms with E-state index in [2.05, 4.69) is 10.1 Å². The van der Waals surface area contributed by atoms with Crippen LogP contribution in [0.3, 0.4) is 0 Å². The van der Waals surface area contributed by atoms with Crippen LogP contribution in [-0.2, 0) is 0 Å². The maximum Gasteiger partial charge on any atom is 0.341 e. The first-order valence-electron chi connectivity index (χ1n) is 5.01. The van der Waals surface area contributed by atoms with E-state index < -0.39 is 5.97 Å². The summed E-state index contributed by atoms with van der Waals surface area (Å²) in [5.74, 6) is -0.768.